The molecule has 0 spiro atoms. The molecule has 0 saturated heterocycles. The first-order valence-electron chi connectivity index (χ1n) is 4.89. The molecule has 0 radical (unpaired) electrons. The minimum absolute atomic E-state index is 0.0784. The molecule has 0 saturated carbocycles. The summed E-state index contributed by atoms with van der Waals surface area (Å²) < 4.78 is 34.7. The third kappa shape index (κ3) is 4.90. The predicted molar refractivity (Wildman–Crippen MR) is 60.8 cm³/mol. The second-order valence-corrected chi connectivity index (χ2v) is 6.00. The third-order valence-electron chi connectivity index (χ3n) is 1.88. The average Bonchev–Trinajstić information content (AvgIpc) is 2.14. The number of aromatic nitrogens is 1. The van der Waals surface area contributed by atoms with Crippen LogP contribution < -0.4 is 5.32 Å². The smallest absolute Gasteiger partial charge is 0.270 e. The summed E-state index contributed by atoms with van der Waals surface area (Å²) in [7, 11) is -3.17. The Morgan fingerprint density at radius 1 is 1.53 bits per heavy atom. The number of sulfone groups is 1. The number of rotatable bonds is 4. The van der Waals surface area contributed by atoms with Crippen molar-refractivity contribution >= 4 is 15.7 Å². The number of hydrogen-bond acceptors (Lipinski definition) is 4. The normalized spacial score (nSPS) is 13.1. The molecule has 0 bridgehead atoms. The number of nitrogens with one attached hydrogen (secondary N) is 1. The van der Waals surface area contributed by atoms with E-state index in [-0.39, 0.29) is 11.4 Å². The fourth-order valence-electron chi connectivity index (χ4n) is 1.33. The molecule has 0 fully saturated rings. The summed E-state index contributed by atoms with van der Waals surface area (Å²) in [6.45, 7) is 1.55. The van der Waals surface area contributed by atoms with Crippen LogP contribution in [0.1, 0.15) is 17.4 Å². The summed E-state index contributed by atoms with van der Waals surface area (Å²) >= 11 is 0. The van der Waals surface area contributed by atoms with Crippen molar-refractivity contribution < 1.29 is 17.6 Å². The molecule has 1 unspecified atom stereocenters. The van der Waals surface area contributed by atoms with Crippen LogP contribution in [0.25, 0.3) is 0 Å². The first kappa shape index (κ1) is 13.6. The van der Waals surface area contributed by atoms with Crippen molar-refractivity contribution in [3.05, 3.63) is 29.8 Å². The Labute approximate surface area is 99.0 Å². The van der Waals surface area contributed by atoms with Crippen molar-refractivity contribution in [3.8, 4) is 0 Å². The molecule has 1 N–H and O–H groups in total. The number of halogens is 1. The van der Waals surface area contributed by atoms with Gasteiger partial charge in [-0.05, 0) is 19.1 Å². The van der Waals surface area contributed by atoms with Crippen LogP contribution in [0.4, 0.5) is 4.39 Å². The zero-order chi connectivity index (χ0) is 13.1. The van der Waals surface area contributed by atoms with Crippen LogP contribution in [0.15, 0.2) is 18.2 Å². The van der Waals surface area contributed by atoms with E-state index < -0.39 is 27.7 Å². The lowest BCUT2D eigenvalue weighted by Gasteiger charge is -2.12. The van der Waals surface area contributed by atoms with Gasteiger partial charge in [0.2, 0.25) is 5.95 Å². The lowest BCUT2D eigenvalue weighted by molar-refractivity contribution is 0.0937. The van der Waals surface area contributed by atoms with Gasteiger partial charge in [-0.2, -0.15) is 4.39 Å². The van der Waals surface area contributed by atoms with Gasteiger partial charge in [-0.1, -0.05) is 6.07 Å². The molecule has 1 aromatic heterocycles. The molecular formula is C10H13FN2O3S. The molecule has 0 aromatic carbocycles. The minimum Gasteiger partial charge on any atom is -0.347 e. The van der Waals surface area contributed by atoms with Crippen molar-refractivity contribution in [3.63, 3.8) is 0 Å². The van der Waals surface area contributed by atoms with Crippen LogP contribution in [0.5, 0.6) is 0 Å². The Kier molecular flexibility index (Phi) is 4.17. The molecule has 1 rings (SSSR count). The lowest BCUT2D eigenvalue weighted by atomic mass is 10.3. The maximum Gasteiger partial charge on any atom is 0.270 e. The number of hydrogen-bond donors (Lipinski definition) is 1. The van der Waals surface area contributed by atoms with Gasteiger partial charge in [-0.25, -0.2) is 13.4 Å². The van der Waals surface area contributed by atoms with Crippen LogP contribution in [0.2, 0.25) is 0 Å². The highest BCUT2D eigenvalue weighted by Crippen LogP contribution is 1.99. The average molecular weight is 260 g/mol. The van der Waals surface area contributed by atoms with Gasteiger partial charge >= 0.3 is 0 Å². The van der Waals surface area contributed by atoms with Crippen LogP contribution in [-0.4, -0.2) is 37.4 Å². The molecule has 1 amide bonds. The first-order chi connectivity index (χ1) is 7.78. The van der Waals surface area contributed by atoms with Crippen LogP contribution in [0, 0.1) is 5.95 Å². The van der Waals surface area contributed by atoms with E-state index in [1.165, 1.54) is 12.1 Å². The Balaban J connectivity index is 2.67. The van der Waals surface area contributed by atoms with Gasteiger partial charge in [0, 0.05) is 12.3 Å². The largest absolute Gasteiger partial charge is 0.347 e. The third-order valence-corrected chi connectivity index (χ3v) is 2.98. The lowest BCUT2D eigenvalue weighted by Crippen LogP contribution is -2.37. The Morgan fingerprint density at radius 2 is 2.18 bits per heavy atom. The number of amides is 1. The molecule has 5 nitrogen and oxygen atoms in total. The van der Waals surface area contributed by atoms with Crippen LogP contribution in [-0.2, 0) is 9.84 Å². The van der Waals surface area contributed by atoms with E-state index in [9.17, 15) is 17.6 Å². The molecular weight excluding hydrogens is 247 g/mol. The summed E-state index contributed by atoms with van der Waals surface area (Å²) in [4.78, 5) is 15.0. The highest BCUT2D eigenvalue weighted by Gasteiger charge is 2.15. The van der Waals surface area contributed by atoms with E-state index >= 15 is 0 Å². The van der Waals surface area contributed by atoms with Gasteiger partial charge in [0.15, 0.2) is 0 Å². The molecule has 0 aliphatic heterocycles. The van der Waals surface area contributed by atoms with E-state index in [4.69, 9.17) is 0 Å². The molecule has 7 heteroatoms. The van der Waals surface area contributed by atoms with Crippen LogP contribution >= 0.6 is 0 Å². The van der Waals surface area contributed by atoms with Gasteiger partial charge in [0.25, 0.3) is 5.91 Å². The maximum atomic E-state index is 12.7. The second kappa shape index (κ2) is 5.22. The second-order valence-electron chi connectivity index (χ2n) is 3.81. The van der Waals surface area contributed by atoms with Crippen molar-refractivity contribution in [1.29, 1.82) is 0 Å². The zero-order valence-electron chi connectivity index (χ0n) is 9.47. The molecule has 17 heavy (non-hydrogen) atoms. The Morgan fingerprint density at radius 3 is 2.71 bits per heavy atom. The molecule has 1 heterocycles. The van der Waals surface area contributed by atoms with E-state index in [1.54, 1.807) is 6.92 Å². The topological polar surface area (TPSA) is 76.1 Å². The summed E-state index contributed by atoms with van der Waals surface area (Å²) in [5.41, 5.74) is -0.0784. The van der Waals surface area contributed by atoms with Gasteiger partial charge in [0.1, 0.15) is 15.5 Å². The number of nitrogens with zero attached hydrogens (tertiary/aromatic N) is 1. The van der Waals surface area contributed by atoms with E-state index in [2.05, 4.69) is 10.3 Å². The van der Waals surface area contributed by atoms with Crippen molar-refractivity contribution in [2.45, 2.75) is 13.0 Å². The highest BCUT2D eigenvalue weighted by atomic mass is 32.2. The molecule has 94 valence electrons. The summed E-state index contributed by atoms with van der Waals surface area (Å²) in [6, 6.07) is 3.28. The molecule has 1 aromatic rings. The van der Waals surface area contributed by atoms with E-state index in [0.717, 1.165) is 12.3 Å². The standard InChI is InChI=1S/C10H13FN2O3S/c1-7(6-17(2,15)16)12-10(14)8-4-3-5-9(11)13-8/h3-5,7H,6H2,1-2H3,(H,12,14). The molecule has 0 aliphatic rings. The Bertz CT molecular complexity index is 516. The Hall–Kier alpha value is -1.50. The van der Waals surface area contributed by atoms with Crippen molar-refractivity contribution in [2.24, 2.45) is 0 Å². The van der Waals surface area contributed by atoms with Crippen LogP contribution in [0.3, 0.4) is 0 Å². The monoisotopic (exact) mass is 260 g/mol. The van der Waals surface area contributed by atoms with E-state index in [1.807, 2.05) is 0 Å². The zero-order valence-corrected chi connectivity index (χ0v) is 10.3. The highest BCUT2D eigenvalue weighted by molar-refractivity contribution is 7.90. The SMILES string of the molecule is CC(CS(C)(=O)=O)NC(=O)c1cccc(F)n1. The minimum atomic E-state index is -3.17. The molecule has 0 aliphatic carbocycles. The summed E-state index contributed by atoms with van der Waals surface area (Å²) in [5.74, 6) is -1.53. The quantitative estimate of drug-likeness (QED) is 0.794. The maximum absolute atomic E-state index is 12.7. The van der Waals surface area contributed by atoms with Crippen molar-refractivity contribution in [1.82, 2.24) is 10.3 Å². The first-order valence-corrected chi connectivity index (χ1v) is 6.95. The molecule has 1 atom stereocenters. The summed E-state index contributed by atoms with van der Waals surface area (Å²) in [5, 5.41) is 2.43. The summed E-state index contributed by atoms with van der Waals surface area (Å²) in [6.07, 6.45) is 1.08. The fourth-order valence-corrected chi connectivity index (χ4v) is 2.32. The van der Waals surface area contributed by atoms with Gasteiger partial charge in [-0.15, -0.1) is 0 Å². The number of carbonyl (C=O) groups excluding carboxylic acids is 1. The van der Waals surface area contributed by atoms with Crippen molar-refractivity contribution in [2.75, 3.05) is 12.0 Å². The number of carbonyl (C=O) groups is 1. The fraction of sp³-hybridized carbons (Fsp3) is 0.400. The van der Waals surface area contributed by atoms with Gasteiger partial charge in [-0.3, -0.25) is 4.79 Å². The number of pyridine rings is 1. The predicted octanol–water partition coefficient (Wildman–Crippen LogP) is 0.384. The van der Waals surface area contributed by atoms with Gasteiger partial charge < -0.3 is 5.32 Å². The van der Waals surface area contributed by atoms with Gasteiger partial charge in [0.05, 0.1) is 5.75 Å². The van der Waals surface area contributed by atoms with E-state index in [0.29, 0.717) is 0 Å².